The lowest BCUT2D eigenvalue weighted by Crippen LogP contribution is -2.14. The Bertz CT molecular complexity index is 127. The Labute approximate surface area is 76.5 Å². The fourth-order valence-corrected chi connectivity index (χ4v) is 1.07. The molecule has 12 heavy (non-hydrogen) atoms. The van der Waals surface area contributed by atoms with Crippen LogP contribution in [-0.2, 0) is 0 Å². The lowest BCUT2D eigenvalue weighted by molar-refractivity contribution is 0.114. The van der Waals surface area contributed by atoms with Gasteiger partial charge in [0, 0.05) is 0 Å². The van der Waals surface area contributed by atoms with E-state index in [9.17, 15) is 5.11 Å². The summed E-state index contributed by atoms with van der Waals surface area (Å²) in [6.07, 6.45) is 4.00. The molecule has 1 nitrogen and oxygen atoms in total. The van der Waals surface area contributed by atoms with Gasteiger partial charge in [0.25, 0.3) is 0 Å². The molecule has 0 aliphatic carbocycles. The zero-order valence-electron chi connectivity index (χ0n) is 8.64. The number of hydrogen-bond acceptors (Lipinski definition) is 1. The molecule has 0 heterocycles. The predicted molar refractivity (Wildman–Crippen MR) is 54.1 cm³/mol. The van der Waals surface area contributed by atoms with Crippen molar-refractivity contribution in [2.75, 3.05) is 0 Å². The highest BCUT2D eigenvalue weighted by Crippen LogP contribution is 2.13. The van der Waals surface area contributed by atoms with Crippen molar-refractivity contribution in [2.45, 2.75) is 52.6 Å². The summed E-state index contributed by atoms with van der Waals surface area (Å²) in [6.45, 7) is 10.2. The molecule has 1 N–H and O–H groups in total. The van der Waals surface area contributed by atoms with Crippen molar-refractivity contribution in [2.24, 2.45) is 5.92 Å². The first-order valence-electron chi connectivity index (χ1n) is 4.92. The standard InChI is InChI=1S/C11H22O/c1-5-10(4)7-6-8-11(12)9(2)3/h9,11-12H,4-8H2,1-3H3. The van der Waals surface area contributed by atoms with E-state index >= 15 is 0 Å². The van der Waals surface area contributed by atoms with E-state index < -0.39 is 0 Å². The Kier molecular flexibility index (Phi) is 6.09. The second kappa shape index (κ2) is 6.24. The third kappa shape index (κ3) is 5.36. The minimum Gasteiger partial charge on any atom is -0.393 e. The van der Waals surface area contributed by atoms with Crippen LogP contribution in [0.4, 0.5) is 0 Å². The summed E-state index contributed by atoms with van der Waals surface area (Å²) in [5, 5.41) is 9.48. The number of allylic oxidation sites excluding steroid dienone is 1. The number of rotatable bonds is 6. The minimum absolute atomic E-state index is 0.130. The first kappa shape index (κ1) is 11.7. The summed E-state index contributed by atoms with van der Waals surface area (Å²) in [5.41, 5.74) is 1.30. The molecule has 0 aliphatic rings. The van der Waals surface area contributed by atoms with Gasteiger partial charge in [0.1, 0.15) is 0 Å². The van der Waals surface area contributed by atoms with Crippen LogP contribution < -0.4 is 0 Å². The quantitative estimate of drug-likeness (QED) is 0.607. The average molecular weight is 170 g/mol. The van der Waals surface area contributed by atoms with Gasteiger partial charge >= 0.3 is 0 Å². The van der Waals surface area contributed by atoms with Crippen molar-refractivity contribution in [3.63, 3.8) is 0 Å². The maximum absolute atomic E-state index is 9.48. The van der Waals surface area contributed by atoms with Crippen molar-refractivity contribution in [1.29, 1.82) is 0 Å². The number of aliphatic hydroxyl groups excluding tert-OH is 1. The minimum atomic E-state index is -0.130. The zero-order valence-corrected chi connectivity index (χ0v) is 8.64. The maximum atomic E-state index is 9.48. The smallest absolute Gasteiger partial charge is 0.0563 e. The molecule has 0 rings (SSSR count). The van der Waals surface area contributed by atoms with Crippen molar-refractivity contribution in [3.8, 4) is 0 Å². The molecule has 0 aliphatic heterocycles. The van der Waals surface area contributed by atoms with E-state index in [1.165, 1.54) is 5.57 Å². The predicted octanol–water partition coefficient (Wildman–Crippen LogP) is 3.14. The van der Waals surface area contributed by atoms with E-state index in [0.29, 0.717) is 5.92 Å². The van der Waals surface area contributed by atoms with Crippen molar-refractivity contribution in [3.05, 3.63) is 12.2 Å². The second-order valence-corrected chi connectivity index (χ2v) is 3.81. The van der Waals surface area contributed by atoms with Crippen molar-refractivity contribution in [1.82, 2.24) is 0 Å². The van der Waals surface area contributed by atoms with Gasteiger partial charge in [0.2, 0.25) is 0 Å². The molecule has 0 saturated carbocycles. The van der Waals surface area contributed by atoms with Gasteiger partial charge in [-0.15, -0.1) is 0 Å². The molecule has 0 saturated heterocycles. The lowest BCUT2D eigenvalue weighted by Gasteiger charge is -2.13. The fourth-order valence-electron chi connectivity index (χ4n) is 1.07. The third-order valence-electron chi connectivity index (χ3n) is 2.30. The van der Waals surface area contributed by atoms with Gasteiger partial charge in [0.05, 0.1) is 6.10 Å². The van der Waals surface area contributed by atoms with E-state index in [-0.39, 0.29) is 6.10 Å². The molecule has 72 valence electrons. The van der Waals surface area contributed by atoms with Crippen LogP contribution in [0.2, 0.25) is 0 Å². The largest absolute Gasteiger partial charge is 0.393 e. The van der Waals surface area contributed by atoms with Crippen LogP contribution in [0.3, 0.4) is 0 Å². The maximum Gasteiger partial charge on any atom is 0.0563 e. The monoisotopic (exact) mass is 170 g/mol. The first-order valence-corrected chi connectivity index (χ1v) is 4.92. The van der Waals surface area contributed by atoms with Gasteiger partial charge in [-0.3, -0.25) is 0 Å². The van der Waals surface area contributed by atoms with E-state index in [1.54, 1.807) is 0 Å². The fraction of sp³-hybridized carbons (Fsp3) is 0.818. The van der Waals surface area contributed by atoms with E-state index in [1.807, 2.05) is 0 Å². The van der Waals surface area contributed by atoms with Gasteiger partial charge in [-0.25, -0.2) is 0 Å². The van der Waals surface area contributed by atoms with Crippen LogP contribution in [0.15, 0.2) is 12.2 Å². The highest BCUT2D eigenvalue weighted by molar-refractivity contribution is 4.91. The molecule has 0 radical (unpaired) electrons. The number of aliphatic hydroxyl groups is 1. The molecule has 1 heteroatoms. The molecule has 1 unspecified atom stereocenters. The first-order chi connectivity index (χ1) is 5.57. The summed E-state index contributed by atoms with van der Waals surface area (Å²) in [7, 11) is 0. The zero-order chi connectivity index (χ0) is 9.56. The molecule has 0 aromatic rings. The molecule has 0 amide bonds. The molecule has 0 bridgehead atoms. The SMILES string of the molecule is C=C(CC)CCCC(O)C(C)C. The van der Waals surface area contributed by atoms with Gasteiger partial charge in [-0.2, -0.15) is 0 Å². The Balaban J connectivity index is 3.37. The average Bonchev–Trinajstić information content (AvgIpc) is 2.03. The molecule has 1 atom stereocenters. The summed E-state index contributed by atoms with van der Waals surface area (Å²) in [4.78, 5) is 0. The summed E-state index contributed by atoms with van der Waals surface area (Å²) in [6, 6.07) is 0. The van der Waals surface area contributed by atoms with Crippen LogP contribution in [0.1, 0.15) is 46.5 Å². The van der Waals surface area contributed by atoms with E-state index in [4.69, 9.17) is 0 Å². The number of hydrogen-bond donors (Lipinski definition) is 1. The molecular weight excluding hydrogens is 148 g/mol. The van der Waals surface area contributed by atoms with Crippen molar-refractivity contribution >= 4 is 0 Å². The highest BCUT2D eigenvalue weighted by atomic mass is 16.3. The van der Waals surface area contributed by atoms with E-state index in [0.717, 1.165) is 25.7 Å². The Morgan fingerprint density at radius 2 is 2.00 bits per heavy atom. The summed E-state index contributed by atoms with van der Waals surface area (Å²) >= 11 is 0. The summed E-state index contributed by atoms with van der Waals surface area (Å²) < 4.78 is 0. The van der Waals surface area contributed by atoms with Crippen LogP contribution >= 0.6 is 0 Å². The lowest BCUT2D eigenvalue weighted by atomic mass is 9.99. The van der Waals surface area contributed by atoms with Crippen molar-refractivity contribution < 1.29 is 5.11 Å². The molecule has 0 aromatic heterocycles. The van der Waals surface area contributed by atoms with Crippen LogP contribution in [0.25, 0.3) is 0 Å². The van der Waals surface area contributed by atoms with Crippen LogP contribution in [-0.4, -0.2) is 11.2 Å². The van der Waals surface area contributed by atoms with Crippen LogP contribution in [0.5, 0.6) is 0 Å². The second-order valence-electron chi connectivity index (χ2n) is 3.81. The normalized spacial score (nSPS) is 13.4. The molecular formula is C11H22O. The van der Waals surface area contributed by atoms with E-state index in [2.05, 4.69) is 27.4 Å². The van der Waals surface area contributed by atoms with Gasteiger partial charge in [0.15, 0.2) is 0 Å². The Hall–Kier alpha value is -0.300. The van der Waals surface area contributed by atoms with Gasteiger partial charge < -0.3 is 5.11 Å². The molecule has 0 spiro atoms. The topological polar surface area (TPSA) is 20.2 Å². The molecule has 0 fully saturated rings. The Morgan fingerprint density at radius 3 is 2.42 bits per heavy atom. The summed E-state index contributed by atoms with van der Waals surface area (Å²) in [5.74, 6) is 0.389. The Morgan fingerprint density at radius 1 is 1.42 bits per heavy atom. The third-order valence-corrected chi connectivity index (χ3v) is 2.30. The van der Waals surface area contributed by atoms with Gasteiger partial charge in [-0.1, -0.05) is 32.9 Å². The van der Waals surface area contributed by atoms with Crippen LogP contribution in [0, 0.1) is 5.92 Å². The highest BCUT2D eigenvalue weighted by Gasteiger charge is 2.07. The molecule has 0 aromatic carbocycles. The van der Waals surface area contributed by atoms with Gasteiger partial charge in [-0.05, 0) is 31.6 Å².